The van der Waals surface area contributed by atoms with E-state index in [0.29, 0.717) is 17.5 Å². The van der Waals surface area contributed by atoms with Gasteiger partial charge in [0.1, 0.15) is 0 Å². The van der Waals surface area contributed by atoms with Crippen molar-refractivity contribution in [3.05, 3.63) is 449 Å². The molecule has 7 aromatic heterocycles. The summed E-state index contributed by atoms with van der Waals surface area (Å²) < 4.78 is 9.64. The highest BCUT2D eigenvalue weighted by Crippen LogP contribution is 2.45. The molecule has 0 aliphatic rings. The van der Waals surface area contributed by atoms with E-state index in [1.165, 1.54) is 65.3 Å². The molecule has 17 aromatic carbocycles. The van der Waals surface area contributed by atoms with Crippen LogP contribution in [0.15, 0.2) is 449 Å². The van der Waals surface area contributed by atoms with Crippen molar-refractivity contribution >= 4 is 87.2 Å². The summed E-state index contributed by atoms with van der Waals surface area (Å²) in [4.78, 5) is 30.7. The number of hydrogen-bond acceptors (Lipinski definition) is 6. The molecule has 10 nitrogen and oxygen atoms in total. The fourth-order valence-corrected chi connectivity index (χ4v) is 18.0. The van der Waals surface area contributed by atoms with Crippen LogP contribution in [0.1, 0.15) is 0 Å². The van der Waals surface area contributed by atoms with E-state index in [2.05, 4.69) is 394 Å². The minimum atomic E-state index is 0.694. The highest BCUT2D eigenvalue weighted by atomic mass is 15.0. The van der Waals surface area contributed by atoms with Crippen LogP contribution in [-0.4, -0.2) is 48.2 Å². The quantitative estimate of drug-likeness (QED) is 0.108. The summed E-state index contributed by atoms with van der Waals surface area (Å²) in [6.45, 7) is 0. The van der Waals surface area contributed by atoms with Crippen molar-refractivity contribution in [2.75, 3.05) is 0 Å². The van der Waals surface area contributed by atoms with Crippen LogP contribution < -0.4 is 0 Å². The van der Waals surface area contributed by atoms with Crippen LogP contribution in [0.25, 0.3) is 223 Å². The second-order valence-electron chi connectivity index (χ2n) is 31.3. The lowest BCUT2D eigenvalue weighted by molar-refractivity contribution is 1.16. The van der Waals surface area contributed by atoms with Gasteiger partial charge in [0.05, 0.1) is 78.3 Å². The van der Waals surface area contributed by atoms with E-state index in [1.807, 2.05) is 72.8 Å². The SMILES string of the molecule is c1ccc(-c2cc(-c3cccc(-n4c5ccccc5c5cc6c(cc54)c4ccccc4n6-c4cccc(-c5cc(-c6ccccc6)nc(-c6ccccc6)n5)c4)c3)nc(-c3ccccc3)n2)cc1.c1ccc(-c2cccc(-n3c4ccccc4c4cc5c(cc43)c3ccccc3n5-c3cccc(-c4cc(-c5ccccc5)nc(-c5ccccc5)n4)c3)c2)cc1. The zero-order chi connectivity index (χ0) is 82.0. The monoisotopic (exact) mass is 1580 g/mol. The van der Waals surface area contributed by atoms with Gasteiger partial charge in [-0.2, -0.15) is 0 Å². The van der Waals surface area contributed by atoms with Crippen LogP contribution in [0.3, 0.4) is 0 Å². The largest absolute Gasteiger partial charge is 0.309 e. The highest BCUT2D eigenvalue weighted by molar-refractivity contribution is 6.21. The molecule has 0 atom stereocenters. The number of rotatable bonds is 14. The second kappa shape index (κ2) is 30.8. The zero-order valence-electron chi connectivity index (χ0n) is 67.2. The molecule has 124 heavy (non-hydrogen) atoms. The maximum absolute atomic E-state index is 5.18. The van der Waals surface area contributed by atoms with E-state index in [0.717, 1.165) is 140 Å². The van der Waals surface area contributed by atoms with Crippen molar-refractivity contribution in [1.82, 2.24) is 48.2 Å². The van der Waals surface area contributed by atoms with Gasteiger partial charge in [-0.25, -0.2) is 29.9 Å². The predicted octanol–water partition coefficient (Wildman–Crippen LogP) is 28.8. The van der Waals surface area contributed by atoms with Gasteiger partial charge in [0, 0.05) is 116 Å². The summed E-state index contributed by atoms with van der Waals surface area (Å²) in [7, 11) is 0. The number of hydrogen-bond donors (Lipinski definition) is 0. The van der Waals surface area contributed by atoms with Crippen LogP contribution in [0.4, 0.5) is 0 Å². The summed E-state index contributed by atoms with van der Waals surface area (Å²) in [5.74, 6) is 2.09. The first-order chi connectivity index (χ1) is 61.5. The maximum Gasteiger partial charge on any atom is 0.160 e. The number of fused-ring (bicyclic) bond motifs is 12. The number of para-hydroxylation sites is 4. The fraction of sp³-hybridized carbons (Fsp3) is 0. The first-order valence-electron chi connectivity index (χ1n) is 41.9. The second-order valence-corrected chi connectivity index (χ2v) is 31.3. The maximum atomic E-state index is 5.18. The molecule has 0 saturated carbocycles. The van der Waals surface area contributed by atoms with Crippen molar-refractivity contribution in [2.45, 2.75) is 0 Å². The Kier molecular flexibility index (Phi) is 18.0. The van der Waals surface area contributed by atoms with Gasteiger partial charge in [0.25, 0.3) is 0 Å². The van der Waals surface area contributed by atoms with Gasteiger partial charge >= 0.3 is 0 Å². The van der Waals surface area contributed by atoms with Crippen LogP contribution in [-0.2, 0) is 0 Å². The van der Waals surface area contributed by atoms with Crippen molar-refractivity contribution in [3.8, 4) is 136 Å². The third-order valence-electron chi connectivity index (χ3n) is 23.8. The Morgan fingerprint density at radius 1 is 0.121 bits per heavy atom. The van der Waals surface area contributed by atoms with Crippen LogP contribution in [0, 0.1) is 0 Å². The normalized spacial score (nSPS) is 11.5. The molecule has 24 rings (SSSR count). The molecule has 0 bridgehead atoms. The van der Waals surface area contributed by atoms with E-state index in [1.54, 1.807) is 0 Å². The van der Waals surface area contributed by atoms with Crippen molar-refractivity contribution < 1.29 is 0 Å². The average Bonchev–Trinajstić information content (AvgIpc) is 1.58. The van der Waals surface area contributed by atoms with E-state index >= 15 is 0 Å². The van der Waals surface area contributed by atoms with Gasteiger partial charge in [0.15, 0.2) is 17.5 Å². The van der Waals surface area contributed by atoms with Gasteiger partial charge in [0.2, 0.25) is 0 Å². The summed E-state index contributed by atoms with van der Waals surface area (Å²) in [6, 6.07) is 158. The first kappa shape index (κ1) is 72.4. The first-order valence-corrected chi connectivity index (χ1v) is 41.9. The molecule has 0 radical (unpaired) electrons. The van der Waals surface area contributed by atoms with Gasteiger partial charge in [-0.1, -0.05) is 334 Å². The third kappa shape index (κ3) is 13.1. The number of nitrogens with zero attached hydrogens (tertiary/aromatic N) is 10. The highest BCUT2D eigenvalue weighted by Gasteiger charge is 2.24. The standard InChI is InChI=1S/C62H40N6.C52H34N4/c1-5-19-41(20-6-1)53-39-55(65-61(63-53)43-23-9-3-10-24-43)45-27-17-29-47(35-45)67-57-33-15-13-31-49(57)51-38-60-52(37-59(51)67)50-32-14-16-34-58(50)68(60)48-30-18-28-46(36-48)56-40-54(42-21-7-2-8-22-42)64-62(66-56)44-25-11-4-12-26-44;1-4-16-35(17-5-1)38-22-14-24-40(30-38)55-48-28-12-10-26-42(48)44-33-51-45(32-50(44)55)43-27-11-13-29-49(43)56(51)41-25-15-23-39(31-41)47-34-46(36-18-6-2-7-19-36)53-52(54-47)37-20-8-3-9-21-37/h1-40H;1-34H. The molecule has 0 unspecified atom stereocenters. The third-order valence-corrected chi connectivity index (χ3v) is 23.8. The Hall–Kier alpha value is -16.8. The molecule has 7 heterocycles. The van der Waals surface area contributed by atoms with Crippen molar-refractivity contribution in [3.63, 3.8) is 0 Å². The van der Waals surface area contributed by atoms with E-state index < -0.39 is 0 Å². The van der Waals surface area contributed by atoms with Crippen molar-refractivity contribution in [2.24, 2.45) is 0 Å². The molecule has 580 valence electrons. The van der Waals surface area contributed by atoms with Crippen LogP contribution in [0.2, 0.25) is 0 Å². The number of aromatic nitrogens is 10. The molecule has 0 spiro atoms. The molecule has 0 aliphatic heterocycles. The molecule has 0 N–H and O–H groups in total. The lowest BCUT2D eigenvalue weighted by Crippen LogP contribution is -1.98. The Labute approximate surface area is 715 Å². The summed E-state index contributed by atoms with van der Waals surface area (Å²) in [5, 5.41) is 9.58. The van der Waals surface area contributed by atoms with E-state index in [-0.39, 0.29) is 0 Å². The molecule has 24 aromatic rings. The van der Waals surface area contributed by atoms with Gasteiger partial charge in [-0.15, -0.1) is 0 Å². The lowest BCUT2D eigenvalue weighted by atomic mass is 10.1. The molecular formula is C114H74N10. The molecule has 10 heteroatoms. The Morgan fingerprint density at radius 2 is 0.315 bits per heavy atom. The molecule has 0 aliphatic carbocycles. The van der Waals surface area contributed by atoms with Gasteiger partial charge in [-0.05, 0) is 126 Å². The zero-order valence-corrected chi connectivity index (χ0v) is 67.2. The Morgan fingerprint density at radius 3 is 0.573 bits per heavy atom. The molecule has 0 amide bonds. The Balaban J connectivity index is 0.000000146. The van der Waals surface area contributed by atoms with Crippen LogP contribution >= 0.6 is 0 Å². The van der Waals surface area contributed by atoms with Gasteiger partial charge in [-0.3, -0.25) is 0 Å². The van der Waals surface area contributed by atoms with Crippen molar-refractivity contribution in [1.29, 1.82) is 0 Å². The summed E-state index contributed by atoms with van der Waals surface area (Å²) in [6.07, 6.45) is 0. The molecule has 0 saturated heterocycles. The molecular weight excluding hydrogens is 1510 g/mol. The molecule has 0 fully saturated rings. The summed E-state index contributed by atoms with van der Waals surface area (Å²) >= 11 is 0. The Bertz CT molecular complexity index is 7770. The fourth-order valence-electron chi connectivity index (χ4n) is 18.0. The van der Waals surface area contributed by atoms with Gasteiger partial charge < -0.3 is 18.3 Å². The topological polar surface area (TPSA) is 97.1 Å². The number of benzene rings is 17. The predicted molar refractivity (Wildman–Crippen MR) is 511 cm³/mol. The lowest BCUT2D eigenvalue weighted by Gasteiger charge is -2.13. The van der Waals surface area contributed by atoms with E-state index in [4.69, 9.17) is 29.9 Å². The summed E-state index contributed by atoms with van der Waals surface area (Å²) in [5.41, 5.74) is 30.4. The smallest absolute Gasteiger partial charge is 0.160 e. The minimum absolute atomic E-state index is 0.694. The minimum Gasteiger partial charge on any atom is -0.309 e. The van der Waals surface area contributed by atoms with E-state index in [9.17, 15) is 0 Å². The average molecular weight is 1580 g/mol. The van der Waals surface area contributed by atoms with Crippen LogP contribution in [0.5, 0.6) is 0 Å².